The summed E-state index contributed by atoms with van der Waals surface area (Å²) in [5.74, 6) is -2.74. The van der Waals surface area contributed by atoms with Crippen LogP contribution in [0.2, 0.25) is 5.02 Å². The van der Waals surface area contributed by atoms with Crippen LogP contribution in [0.1, 0.15) is 24.5 Å². The Morgan fingerprint density at radius 3 is 2.45 bits per heavy atom. The molecule has 0 aromatic heterocycles. The number of aliphatic hydroxyl groups is 1. The quantitative estimate of drug-likeness (QED) is 0.361. The van der Waals surface area contributed by atoms with Crippen LogP contribution in [0.3, 0.4) is 0 Å². The number of morpholine rings is 1. The Labute approximate surface area is 185 Å². The molecule has 164 valence electrons. The van der Waals surface area contributed by atoms with Gasteiger partial charge in [-0.3, -0.25) is 9.89 Å². The van der Waals surface area contributed by atoms with Gasteiger partial charge in [-0.15, -0.1) is 0 Å². The second kappa shape index (κ2) is 10.5. The number of aliphatic imine (C=N–C) groups is 1. The van der Waals surface area contributed by atoms with Gasteiger partial charge in [0.05, 0.1) is 30.2 Å². The summed E-state index contributed by atoms with van der Waals surface area (Å²) in [4.78, 5) is 18.5. The molecule has 31 heavy (non-hydrogen) atoms. The van der Waals surface area contributed by atoms with Crippen molar-refractivity contribution in [3.8, 4) is 0 Å². The van der Waals surface area contributed by atoms with Crippen LogP contribution in [0.15, 0.2) is 53.0 Å². The van der Waals surface area contributed by atoms with Crippen molar-refractivity contribution in [2.75, 3.05) is 26.3 Å². The molecule has 0 atom stereocenters. The summed E-state index contributed by atoms with van der Waals surface area (Å²) in [5, 5.41) is 21.1. The van der Waals surface area contributed by atoms with Crippen LogP contribution in [0.5, 0.6) is 0 Å². The van der Waals surface area contributed by atoms with Crippen LogP contribution in [0.4, 0.5) is 10.1 Å². The minimum Gasteiger partial charge on any atom is -0.506 e. The SMILES string of the molecule is CCC(=Nc1ccc(Cl)cc1)C(C(=O)O)=C(O)c1cc(CN2CCOCC2)ccc1F. The van der Waals surface area contributed by atoms with E-state index in [1.165, 1.54) is 12.1 Å². The summed E-state index contributed by atoms with van der Waals surface area (Å²) in [6.07, 6.45) is 0.226. The maximum Gasteiger partial charge on any atom is 0.341 e. The third-order valence-electron chi connectivity index (χ3n) is 4.96. The van der Waals surface area contributed by atoms with E-state index in [1.54, 1.807) is 37.3 Å². The number of ether oxygens (including phenoxy) is 1. The molecule has 8 heteroatoms. The fourth-order valence-electron chi connectivity index (χ4n) is 3.35. The molecule has 1 fully saturated rings. The molecule has 2 aromatic rings. The summed E-state index contributed by atoms with van der Waals surface area (Å²) < 4.78 is 19.9. The fourth-order valence-corrected chi connectivity index (χ4v) is 3.47. The van der Waals surface area contributed by atoms with Crippen molar-refractivity contribution < 1.29 is 24.1 Å². The predicted octanol–water partition coefficient (Wildman–Crippen LogP) is 4.85. The molecule has 0 aliphatic carbocycles. The Kier molecular flexibility index (Phi) is 7.79. The second-order valence-corrected chi connectivity index (χ2v) is 7.56. The van der Waals surface area contributed by atoms with Gasteiger partial charge in [-0.05, 0) is 48.4 Å². The number of hydrogen-bond donors (Lipinski definition) is 2. The molecule has 1 saturated heterocycles. The first kappa shape index (κ1) is 22.9. The minimum atomic E-state index is -1.38. The molecule has 0 bridgehead atoms. The zero-order chi connectivity index (χ0) is 22.4. The monoisotopic (exact) mass is 446 g/mol. The highest BCUT2D eigenvalue weighted by molar-refractivity contribution is 6.30. The lowest BCUT2D eigenvalue weighted by molar-refractivity contribution is -0.132. The lowest BCUT2D eigenvalue weighted by Gasteiger charge is -2.26. The molecule has 0 unspecified atom stereocenters. The van der Waals surface area contributed by atoms with Crippen molar-refractivity contribution in [1.29, 1.82) is 0 Å². The number of carbonyl (C=O) groups is 1. The number of hydrogen-bond acceptors (Lipinski definition) is 5. The summed E-state index contributed by atoms with van der Waals surface area (Å²) >= 11 is 5.88. The van der Waals surface area contributed by atoms with Crippen LogP contribution in [-0.2, 0) is 16.1 Å². The summed E-state index contributed by atoms with van der Waals surface area (Å²) in [6.45, 7) is 5.03. The number of halogens is 2. The van der Waals surface area contributed by atoms with Crippen LogP contribution in [0, 0.1) is 5.82 Å². The maximum atomic E-state index is 14.6. The van der Waals surface area contributed by atoms with Crippen LogP contribution in [-0.4, -0.2) is 53.1 Å². The maximum absolute atomic E-state index is 14.6. The van der Waals surface area contributed by atoms with Gasteiger partial charge in [0.15, 0.2) is 0 Å². The van der Waals surface area contributed by atoms with Gasteiger partial charge < -0.3 is 14.9 Å². The standard InChI is InChI=1S/C23H24ClFN2O4/c1-2-20(26-17-6-4-16(24)5-7-17)21(23(29)30)22(28)18-13-15(3-8-19(18)25)14-27-9-11-31-12-10-27/h3-8,13,28H,2,9-12,14H2,1H3,(H,29,30). The fraction of sp³-hybridized carbons (Fsp3) is 0.304. The smallest absolute Gasteiger partial charge is 0.341 e. The lowest BCUT2D eigenvalue weighted by Crippen LogP contribution is -2.35. The van der Waals surface area contributed by atoms with E-state index >= 15 is 0 Å². The van der Waals surface area contributed by atoms with Crippen molar-refractivity contribution in [2.45, 2.75) is 19.9 Å². The van der Waals surface area contributed by atoms with E-state index in [0.717, 1.165) is 18.7 Å². The normalized spacial score (nSPS) is 16.2. The van der Waals surface area contributed by atoms with E-state index < -0.39 is 23.1 Å². The van der Waals surface area contributed by atoms with Gasteiger partial charge in [-0.1, -0.05) is 24.6 Å². The zero-order valence-corrected chi connectivity index (χ0v) is 17.9. The van der Waals surface area contributed by atoms with Crippen molar-refractivity contribution in [3.05, 3.63) is 70.0 Å². The molecule has 0 saturated carbocycles. The van der Waals surface area contributed by atoms with Crippen molar-refractivity contribution >= 4 is 34.7 Å². The van der Waals surface area contributed by atoms with Gasteiger partial charge in [0.25, 0.3) is 0 Å². The first-order valence-corrected chi connectivity index (χ1v) is 10.4. The Balaban J connectivity index is 2.00. The Bertz CT molecular complexity index is 999. The molecular weight excluding hydrogens is 423 g/mol. The highest BCUT2D eigenvalue weighted by atomic mass is 35.5. The predicted molar refractivity (Wildman–Crippen MR) is 119 cm³/mol. The van der Waals surface area contributed by atoms with Crippen molar-refractivity contribution in [1.82, 2.24) is 4.90 Å². The molecule has 1 heterocycles. The number of carboxylic acids is 1. The Morgan fingerprint density at radius 2 is 1.84 bits per heavy atom. The molecule has 2 aromatic carbocycles. The molecule has 3 rings (SSSR count). The second-order valence-electron chi connectivity index (χ2n) is 7.12. The summed E-state index contributed by atoms with van der Waals surface area (Å²) in [5.41, 5.74) is 0.780. The van der Waals surface area contributed by atoms with Crippen molar-refractivity contribution in [2.24, 2.45) is 4.99 Å². The number of aliphatic hydroxyl groups excluding tert-OH is 1. The summed E-state index contributed by atoms with van der Waals surface area (Å²) in [6, 6.07) is 10.9. The molecular formula is C23H24ClFN2O4. The Hall–Kier alpha value is -2.74. The average molecular weight is 447 g/mol. The van der Waals surface area contributed by atoms with Gasteiger partial charge >= 0.3 is 5.97 Å². The zero-order valence-electron chi connectivity index (χ0n) is 17.1. The highest BCUT2D eigenvalue weighted by Crippen LogP contribution is 2.26. The van der Waals surface area contributed by atoms with Gasteiger partial charge in [0, 0.05) is 24.7 Å². The highest BCUT2D eigenvalue weighted by Gasteiger charge is 2.23. The van der Waals surface area contributed by atoms with Gasteiger partial charge in [0.2, 0.25) is 0 Å². The summed E-state index contributed by atoms with van der Waals surface area (Å²) in [7, 11) is 0. The van der Waals surface area contributed by atoms with E-state index in [4.69, 9.17) is 16.3 Å². The minimum absolute atomic E-state index is 0.130. The topological polar surface area (TPSA) is 82.4 Å². The number of rotatable bonds is 7. The average Bonchev–Trinajstić information content (AvgIpc) is 2.76. The van der Waals surface area contributed by atoms with E-state index in [0.29, 0.717) is 30.5 Å². The van der Waals surface area contributed by atoms with Crippen LogP contribution >= 0.6 is 11.6 Å². The third kappa shape index (κ3) is 5.91. The first-order chi connectivity index (χ1) is 14.9. The van der Waals surface area contributed by atoms with Crippen LogP contribution in [0.25, 0.3) is 5.76 Å². The molecule has 1 aliphatic heterocycles. The van der Waals surface area contributed by atoms with E-state index in [9.17, 15) is 19.4 Å². The van der Waals surface area contributed by atoms with E-state index in [1.807, 2.05) is 0 Å². The van der Waals surface area contributed by atoms with E-state index in [-0.39, 0.29) is 17.7 Å². The Morgan fingerprint density at radius 1 is 1.16 bits per heavy atom. The first-order valence-electron chi connectivity index (χ1n) is 9.98. The molecule has 0 spiro atoms. The van der Waals surface area contributed by atoms with Gasteiger partial charge in [-0.2, -0.15) is 0 Å². The van der Waals surface area contributed by atoms with Gasteiger partial charge in [-0.25, -0.2) is 9.18 Å². The number of carboxylic acid groups (broad SMARTS) is 1. The number of aliphatic carboxylic acids is 1. The third-order valence-corrected chi connectivity index (χ3v) is 5.21. The number of nitrogens with zero attached hydrogens (tertiary/aromatic N) is 2. The van der Waals surface area contributed by atoms with Crippen molar-refractivity contribution in [3.63, 3.8) is 0 Å². The molecule has 6 nitrogen and oxygen atoms in total. The lowest BCUT2D eigenvalue weighted by atomic mass is 10.00. The molecule has 0 radical (unpaired) electrons. The van der Waals surface area contributed by atoms with E-state index in [2.05, 4.69) is 9.89 Å². The van der Waals surface area contributed by atoms with Gasteiger partial charge in [0.1, 0.15) is 17.1 Å². The molecule has 2 N–H and O–H groups in total. The number of benzene rings is 2. The largest absolute Gasteiger partial charge is 0.506 e. The van der Waals surface area contributed by atoms with Crippen LogP contribution < -0.4 is 0 Å². The molecule has 1 aliphatic rings. The molecule has 0 amide bonds.